The van der Waals surface area contributed by atoms with Gasteiger partial charge >= 0.3 is 0 Å². The van der Waals surface area contributed by atoms with E-state index in [1.165, 1.54) is 0 Å². The summed E-state index contributed by atoms with van der Waals surface area (Å²) in [5.41, 5.74) is 0.994. The number of ether oxygens (including phenoxy) is 5. The monoisotopic (exact) mass is 370 g/mol. The van der Waals surface area contributed by atoms with E-state index < -0.39 is 18.4 Å². The van der Waals surface area contributed by atoms with Gasteiger partial charge in [0, 0.05) is 10.9 Å². The lowest BCUT2D eigenvalue weighted by Gasteiger charge is -2.39. The molecule has 0 N–H and O–H groups in total. The lowest BCUT2D eigenvalue weighted by atomic mass is 10.0. The van der Waals surface area contributed by atoms with Crippen molar-refractivity contribution in [2.24, 2.45) is 0 Å². The van der Waals surface area contributed by atoms with E-state index >= 15 is 0 Å². The minimum atomic E-state index is -0.645. The van der Waals surface area contributed by atoms with Gasteiger partial charge < -0.3 is 23.7 Å². The summed E-state index contributed by atoms with van der Waals surface area (Å²) in [6.07, 6.45) is -1.54. The van der Waals surface area contributed by atoms with Crippen LogP contribution < -0.4 is 0 Å². The highest BCUT2D eigenvalue weighted by Gasteiger charge is 2.59. The molecule has 0 amide bonds. The summed E-state index contributed by atoms with van der Waals surface area (Å²) >= 11 is 3.51. The molecule has 3 aliphatic rings. The first-order valence-corrected chi connectivity index (χ1v) is 8.62. The van der Waals surface area contributed by atoms with E-state index in [1.54, 1.807) is 0 Å². The first kappa shape index (κ1) is 15.1. The summed E-state index contributed by atoms with van der Waals surface area (Å²) in [6.45, 7) is 3.78. The summed E-state index contributed by atoms with van der Waals surface area (Å²) in [5, 5.41) is 0.670. The molecule has 3 heterocycles. The summed E-state index contributed by atoms with van der Waals surface area (Å²) in [7, 11) is 0. The minimum Gasteiger partial charge on any atom is -0.341 e. The highest BCUT2D eigenvalue weighted by atomic mass is 79.9. The van der Waals surface area contributed by atoms with Gasteiger partial charge in [0.05, 0.1) is 6.10 Å². The van der Waals surface area contributed by atoms with Crippen molar-refractivity contribution in [1.29, 1.82) is 0 Å². The maximum atomic E-state index is 6.16. The fraction of sp³-hybridized carbons (Fsp3) is 0.625. The van der Waals surface area contributed by atoms with Gasteiger partial charge in [0.1, 0.15) is 18.3 Å². The molecule has 4 rings (SSSR count). The van der Waals surface area contributed by atoms with Gasteiger partial charge in [-0.15, -0.1) is 0 Å². The third kappa shape index (κ3) is 2.52. The van der Waals surface area contributed by atoms with Crippen LogP contribution >= 0.6 is 15.9 Å². The Kier molecular flexibility index (Phi) is 3.79. The van der Waals surface area contributed by atoms with Crippen LogP contribution in [0.1, 0.15) is 25.7 Å². The fourth-order valence-electron chi connectivity index (χ4n) is 3.26. The summed E-state index contributed by atoms with van der Waals surface area (Å²) < 4.78 is 30.0. The van der Waals surface area contributed by atoms with Crippen molar-refractivity contribution in [2.75, 3.05) is 5.33 Å². The van der Waals surface area contributed by atoms with E-state index in [1.807, 2.05) is 44.2 Å². The van der Waals surface area contributed by atoms with Crippen molar-refractivity contribution < 1.29 is 23.7 Å². The largest absolute Gasteiger partial charge is 0.341 e. The third-order valence-electron chi connectivity index (χ3n) is 4.20. The van der Waals surface area contributed by atoms with Gasteiger partial charge in [0.25, 0.3) is 0 Å². The lowest BCUT2D eigenvalue weighted by molar-refractivity contribution is -0.305. The van der Waals surface area contributed by atoms with E-state index in [0.717, 1.165) is 5.56 Å². The van der Waals surface area contributed by atoms with Crippen molar-refractivity contribution in [1.82, 2.24) is 0 Å². The fourth-order valence-corrected chi connectivity index (χ4v) is 3.78. The molecule has 22 heavy (non-hydrogen) atoms. The predicted molar refractivity (Wildman–Crippen MR) is 81.4 cm³/mol. The van der Waals surface area contributed by atoms with Crippen LogP contribution in [0, 0.1) is 0 Å². The Morgan fingerprint density at radius 3 is 2.45 bits per heavy atom. The molecule has 0 bridgehead atoms. The molecule has 0 radical (unpaired) electrons. The van der Waals surface area contributed by atoms with Crippen LogP contribution in [0.2, 0.25) is 0 Å². The molecule has 3 fully saturated rings. The van der Waals surface area contributed by atoms with Crippen LogP contribution in [0.25, 0.3) is 0 Å². The average molecular weight is 371 g/mol. The zero-order valence-electron chi connectivity index (χ0n) is 12.5. The van der Waals surface area contributed by atoms with Gasteiger partial charge in [-0.3, -0.25) is 0 Å². The van der Waals surface area contributed by atoms with Crippen molar-refractivity contribution in [2.45, 2.75) is 56.6 Å². The second-order valence-electron chi connectivity index (χ2n) is 6.24. The zero-order valence-corrected chi connectivity index (χ0v) is 14.1. The van der Waals surface area contributed by atoms with Crippen molar-refractivity contribution >= 4 is 15.9 Å². The topological polar surface area (TPSA) is 46.2 Å². The van der Waals surface area contributed by atoms with Gasteiger partial charge in [0.2, 0.25) is 0 Å². The summed E-state index contributed by atoms with van der Waals surface area (Å²) in [4.78, 5) is 0. The molecule has 6 heteroatoms. The molecule has 6 atom stereocenters. The Morgan fingerprint density at radius 1 is 0.955 bits per heavy atom. The molecule has 1 unspecified atom stereocenters. The van der Waals surface area contributed by atoms with E-state index in [9.17, 15) is 0 Å². The van der Waals surface area contributed by atoms with Crippen LogP contribution in [0.15, 0.2) is 30.3 Å². The van der Waals surface area contributed by atoms with E-state index in [0.29, 0.717) is 5.33 Å². The maximum absolute atomic E-state index is 6.16. The number of halogens is 1. The molecule has 0 spiro atoms. The first-order valence-electron chi connectivity index (χ1n) is 7.50. The van der Waals surface area contributed by atoms with Gasteiger partial charge in [0.15, 0.2) is 18.4 Å². The smallest absolute Gasteiger partial charge is 0.190 e. The molecule has 0 saturated carbocycles. The molecular weight excluding hydrogens is 352 g/mol. The van der Waals surface area contributed by atoms with Crippen molar-refractivity contribution in [3.63, 3.8) is 0 Å². The van der Waals surface area contributed by atoms with Crippen LogP contribution in [-0.4, -0.2) is 41.8 Å². The Morgan fingerprint density at radius 2 is 1.73 bits per heavy atom. The number of alkyl halides is 1. The normalized spacial score (nSPS) is 42.9. The minimum absolute atomic E-state index is 0.107. The highest BCUT2D eigenvalue weighted by molar-refractivity contribution is 9.09. The van der Waals surface area contributed by atoms with Gasteiger partial charge in [-0.1, -0.05) is 46.3 Å². The molecule has 3 aliphatic heterocycles. The average Bonchev–Trinajstić information content (AvgIpc) is 2.99. The van der Waals surface area contributed by atoms with E-state index in [4.69, 9.17) is 23.7 Å². The molecule has 120 valence electrons. The molecule has 0 aromatic heterocycles. The SMILES string of the molecule is CC1(C)O[C@H]2O[C@H]3[C@H](OC(c4ccccc4)O[C@H]3CBr)[C@H]2O1. The first-order chi connectivity index (χ1) is 10.6. The molecule has 3 saturated heterocycles. The van der Waals surface area contributed by atoms with E-state index in [-0.39, 0.29) is 24.4 Å². The third-order valence-corrected chi connectivity index (χ3v) is 4.83. The summed E-state index contributed by atoms with van der Waals surface area (Å²) in [6, 6.07) is 9.92. The number of fused-ring (bicyclic) bond motifs is 3. The Labute approximate surface area is 137 Å². The quantitative estimate of drug-likeness (QED) is 0.749. The van der Waals surface area contributed by atoms with Crippen LogP contribution in [-0.2, 0) is 23.7 Å². The lowest BCUT2D eigenvalue weighted by Crippen LogP contribution is -2.50. The Hall–Kier alpha value is -0.500. The van der Waals surface area contributed by atoms with Gasteiger partial charge in [-0.25, -0.2) is 0 Å². The van der Waals surface area contributed by atoms with E-state index in [2.05, 4.69) is 15.9 Å². The number of rotatable bonds is 2. The predicted octanol–water partition coefficient (Wildman–Crippen LogP) is 2.74. The Balaban J connectivity index is 1.59. The zero-order chi connectivity index (χ0) is 15.3. The molecular formula is C16H19BrO5. The van der Waals surface area contributed by atoms with Crippen molar-refractivity contribution in [3.05, 3.63) is 35.9 Å². The highest BCUT2D eigenvalue weighted by Crippen LogP contribution is 2.45. The number of hydrogen-bond donors (Lipinski definition) is 0. The van der Waals surface area contributed by atoms with Gasteiger partial charge in [-0.05, 0) is 13.8 Å². The molecule has 0 aliphatic carbocycles. The van der Waals surface area contributed by atoms with Crippen molar-refractivity contribution in [3.8, 4) is 0 Å². The van der Waals surface area contributed by atoms with Crippen LogP contribution in [0.3, 0.4) is 0 Å². The van der Waals surface area contributed by atoms with Gasteiger partial charge in [-0.2, -0.15) is 0 Å². The molecule has 1 aromatic carbocycles. The molecule has 1 aromatic rings. The summed E-state index contributed by atoms with van der Waals surface area (Å²) in [5.74, 6) is -0.645. The second-order valence-corrected chi connectivity index (χ2v) is 6.89. The number of hydrogen-bond acceptors (Lipinski definition) is 5. The Bertz CT molecular complexity index is 537. The molecule has 5 nitrogen and oxygen atoms in total. The second kappa shape index (κ2) is 5.54. The standard InChI is InChI=1S/C16H19BrO5/c1-16(2)21-13-12-11(19-15(13)22-16)10(8-17)18-14(20-12)9-6-4-3-5-7-9/h3-7,10-15H,8H2,1-2H3/t10-,11+,12-,13+,14?,15+/m0/s1. The maximum Gasteiger partial charge on any atom is 0.190 e. The number of benzene rings is 1. The van der Waals surface area contributed by atoms with Crippen LogP contribution in [0.5, 0.6) is 0 Å². The van der Waals surface area contributed by atoms with Crippen LogP contribution in [0.4, 0.5) is 0 Å².